The maximum absolute atomic E-state index is 11.1. The predicted octanol–water partition coefficient (Wildman–Crippen LogP) is 2.22. The largest absolute Gasteiger partial charge is 0.426 e. The summed E-state index contributed by atoms with van der Waals surface area (Å²) in [7, 11) is 1.91. The SMILES string of the molecule is CC(=O)Oc1c(C)c(C)c2c(n[c]n2C)c1C. The third kappa shape index (κ3) is 1.69. The maximum Gasteiger partial charge on any atom is 0.308 e. The van der Waals surface area contributed by atoms with E-state index in [1.54, 1.807) is 0 Å². The van der Waals surface area contributed by atoms with Gasteiger partial charge in [0.1, 0.15) is 5.75 Å². The van der Waals surface area contributed by atoms with Crippen LogP contribution >= 0.6 is 0 Å². The highest BCUT2D eigenvalue weighted by molar-refractivity contribution is 5.87. The monoisotopic (exact) mass is 231 g/mol. The van der Waals surface area contributed by atoms with Gasteiger partial charge < -0.3 is 9.30 Å². The molecule has 2 rings (SSSR count). The van der Waals surface area contributed by atoms with E-state index in [1.165, 1.54) is 6.92 Å². The van der Waals surface area contributed by atoms with Crippen LogP contribution in [0, 0.1) is 27.1 Å². The van der Waals surface area contributed by atoms with Crippen LogP contribution in [0.3, 0.4) is 0 Å². The first-order valence-corrected chi connectivity index (χ1v) is 5.45. The van der Waals surface area contributed by atoms with Crippen LogP contribution in [0.5, 0.6) is 5.75 Å². The Morgan fingerprint density at radius 1 is 1.24 bits per heavy atom. The highest BCUT2D eigenvalue weighted by Gasteiger charge is 2.17. The van der Waals surface area contributed by atoms with Crippen molar-refractivity contribution in [1.82, 2.24) is 9.55 Å². The van der Waals surface area contributed by atoms with Crippen molar-refractivity contribution in [3.8, 4) is 5.75 Å². The van der Waals surface area contributed by atoms with Crippen LogP contribution in [0.25, 0.3) is 11.0 Å². The molecule has 0 unspecified atom stereocenters. The number of benzene rings is 1. The highest BCUT2D eigenvalue weighted by atomic mass is 16.5. The van der Waals surface area contributed by atoms with Gasteiger partial charge in [-0.05, 0) is 31.9 Å². The van der Waals surface area contributed by atoms with Crippen molar-refractivity contribution in [3.05, 3.63) is 23.0 Å². The summed E-state index contributed by atoms with van der Waals surface area (Å²) in [5.41, 5.74) is 4.80. The quantitative estimate of drug-likeness (QED) is 0.558. The molecule has 0 fully saturated rings. The van der Waals surface area contributed by atoms with E-state index in [-0.39, 0.29) is 5.97 Å². The fourth-order valence-corrected chi connectivity index (χ4v) is 2.11. The first kappa shape index (κ1) is 11.6. The lowest BCUT2D eigenvalue weighted by molar-refractivity contribution is -0.131. The summed E-state index contributed by atoms with van der Waals surface area (Å²) >= 11 is 0. The lowest BCUT2D eigenvalue weighted by atomic mass is 10.0. The van der Waals surface area contributed by atoms with E-state index in [2.05, 4.69) is 11.3 Å². The van der Waals surface area contributed by atoms with E-state index in [9.17, 15) is 4.79 Å². The molecule has 0 bridgehead atoms. The molecule has 0 saturated carbocycles. The molecule has 1 radical (unpaired) electrons. The third-order valence-electron chi connectivity index (χ3n) is 3.07. The first-order chi connectivity index (χ1) is 7.93. The molecular weight excluding hydrogens is 216 g/mol. The van der Waals surface area contributed by atoms with E-state index >= 15 is 0 Å². The second kappa shape index (κ2) is 3.87. The van der Waals surface area contributed by atoms with E-state index in [0.29, 0.717) is 5.75 Å². The summed E-state index contributed by atoms with van der Waals surface area (Å²) in [5, 5.41) is 0. The Kier molecular flexibility index (Phi) is 2.65. The van der Waals surface area contributed by atoms with Gasteiger partial charge in [-0.1, -0.05) is 0 Å². The molecule has 0 N–H and O–H groups in total. The molecule has 0 atom stereocenters. The minimum Gasteiger partial charge on any atom is -0.426 e. The van der Waals surface area contributed by atoms with Crippen LogP contribution in [0.2, 0.25) is 0 Å². The van der Waals surface area contributed by atoms with Crippen molar-refractivity contribution >= 4 is 17.0 Å². The number of aromatic nitrogens is 2. The van der Waals surface area contributed by atoms with Gasteiger partial charge in [-0.2, -0.15) is 0 Å². The van der Waals surface area contributed by atoms with E-state index in [4.69, 9.17) is 4.74 Å². The van der Waals surface area contributed by atoms with Crippen LogP contribution in [0.15, 0.2) is 0 Å². The van der Waals surface area contributed by atoms with Crippen LogP contribution in [-0.2, 0) is 11.8 Å². The summed E-state index contributed by atoms with van der Waals surface area (Å²) in [5.74, 6) is 0.310. The molecule has 1 aromatic carbocycles. The molecule has 4 nitrogen and oxygen atoms in total. The molecule has 2 aromatic rings. The average molecular weight is 231 g/mol. The van der Waals surface area contributed by atoms with Gasteiger partial charge in [0.05, 0.1) is 11.0 Å². The van der Waals surface area contributed by atoms with E-state index in [1.807, 2.05) is 32.4 Å². The zero-order valence-electron chi connectivity index (χ0n) is 10.7. The fraction of sp³-hybridized carbons (Fsp3) is 0.385. The average Bonchev–Trinajstić information content (AvgIpc) is 2.63. The van der Waals surface area contributed by atoms with E-state index < -0.39 is 0 Å². The molecule has 0 aliphatic carbocycles. The highest BCUT2D eigenvalue weighted by Crippen LogP contribution is 2.33. The van der Waals surface area contributed by atoms with Crippen LogP contribution < -0.4 is 4.74 Å². The number of fused-ring (bicyclic) bond motifs is 1. The molecule has 0 spiro atoms. The van der Waals surface area contributed by atoms with Crippen LogP contribution in [0.4, 0.5) is 0 Å². The number of hydrogen-bond donors (Lipinski definition) is 0. The lowest BCUT2D eigenvalue weighted by Crippen LogP contribution is -2.06. The van der Waals surface area contributed by atoms with Crippen molar-refractivity contribution in [2.45, 2.75) is 27.7 Å². The standard InChI is InChI=1S/C13H15N2O2/c1-7-8(2)13(17-10(4)16)9(3)11-12(7)15(5)6-14-11/h1-5H3. The molecule has 0 aliphatic heterocycles. The van der Waals surface area contributed by atoms with Crippen molar-refractivity contribution in [2.75, 3.05) is 0 Å². The molecular formula is C13H15N2O2. The molecule has 4 heteroatoms. The van der Waals surface area contributed by atoms with Gasteiger partial charge in [-0.15, -0.1) is 0 Å². The Morgan fingerprint density at radius 2 is 1.88 bits per heavy atom. The number of aryl methyl sites for hydroxylation is 3. The summed E-state index contributed by atoms with van der Waals surface area (Å²) in [6.07, 6.45) is 2.89. The minimum atomic E-state index is -0.310. The Hall–Kier alpha value is -1.84. The number of carbonyl (C=O) groups is 1. The predicted molar refractivity (Wildman–Crippen MR) is 65.1 cm³/mol. The summed E-state index contributed by atoms with van der Waals surface area (Å²) < 4.78 is 7.14. The lowest BCUT2D eigenvalue weighted by Gasteiger charge is -2.13. The van der Waals surface area contributed by atoms with Gasteiger partial charge in [-0.25, -0.2) is 4.98 Å². The van der Waals surface area contributed by atoms with Crippen molar-refractivity contribution in [2.24, 2.45) is 7.05 Å². The Morgan fingerprint density at radius 3 is 2.47 bits per heavy atom. The van der Waals surface area contributed by atoms with Crippen LogP contribution in [-0.4, -0.2) is 15.5 Å². The van der Waals surface area contributed by atoms with Crippen LogP contribution in [0.1, 0.15) is 23.6 Å². The number of imidazole rings is 1. The molecule has 1 aromatic heterocycles. The molecule has 1 heterocycles. The second-order valence-corrected chi connectivity index (χ2v) is 4.27. The van der Waals surface area contributed by atoms with Crippen molar-refractivity contribution in [1.29, 1.82) is 0 Å². The molecule has 0 amide bonds. The first-order valence-electron chi connectivity index (χ1n) is 5.45. The number of rotatable bonds is 1. The topological polar surface area (TPSA) is 44.1 Å². The Bertz CT molecular complexity index is 612. The summed E-state index contributed by atoms with van der Waals surface area (Å²) in [4.78, 5) is 15.3. The van der Waals surface area contributed by atoms with Gasteiger partial charge in [-0.3, -0.25) is 4.79 Å². The number of carbonyl (C=O) groups excluding carboxylic acids is 1. The van der Waals surface area contributed by atoms with Crippen molar-refractivity contribution in [3.63, 3.8) is 0 Å². The molecule has 89 valence electrons. The second-order valence-electron chi connectivity index (χ2n) is 4.27. The molecule has 0 saturated heterocycles. The normalized spacial score (nSPS) is 10.9. The summed E-state index contributed by atoms with van der Waals surface area (Å²) in [6.45, 7) is 7.27. The zero-order chi connectivity index (χ0) is 12.7. The van der Waals surface area contributed by atoms with Gasteiger partial charge in [0.2, 0.25) is 0 Å². The fourth-order valence-electron chi connectivity index (χ4n) is 2.11. The summed E-state index contributed by atoms with van der Waals surface area (Å²) in [6, 6.07) is 0. The van der Waals surface area contributed by atoms with Gasteiger partial charge in [0.15, 0.2) is 6.33 Å². The Labute approximate surface area is 100 Å². The third-order valence-corrected chi connectivity index (χ3v) is 3.07. The van der Waals surface area contributed by atoms with Gasteiger partial charge in [0.25, 0.3) is 0 Å². The number of nitrogens with zero attached hydrogens (tertiary/aromatic N) is 2. The van der Waals surface area contributed by atoms with Gasteiger partial charge >= 0.3 is 5.97 Å². The number of ether oxygens (including phenoxy) is 1. The molecule has 17 heavy (non-hydrogen) atoms. The molecule has 0 aliphatic rings. The smallest absolute Gasteiger partial charge is 0.308 e. The minimum absolute atomic E-state index is 0.310. The maximum atomic E-state index is 11.1. The van der Waals surface area contributed by atoms with Crippen molar-refractivity contribution < 1.29 is 9.53 Å². The Balaban J connectivity index is 2.82. The van der Waals surface area contributed by atoms with Gasteiger partial charge in [0, 0.05) is 19.5 Å². The zero-order valence-corrected chi connectivity index (χ0v) is 10.7. The number of hydrogen-bond acceptors (Lipinski definition) is 3. The van der Waals surface area contributed by atoms with E-state index in [0.717, 1.165) is 27.7 Å². The number of esters is 1.